The molecule has 0 saturated heterocycles. The number of nitrogens with zero attached hydrogens (tertiary/aromatic N) is 1. The minimum Gasteiger partial charge on any atom is -0.422 e. The molecule has 0 amide bonds. The molecule has 2 rings (SSSR count). The predicted molar refractivity (Wildman–Crippen MR) is 79.6 cm³/mol. The number of hydrogen-bond acceptors (Lipinski definition) is 2. The molecule has 3 heteroatoms. The van der Waals surface area contributed by atoms with Crippen LogP contribution in [0.2, 0.25) is 0 Å². The molecule has 0 aliphatic rings. The van der Waals surface area contributed by atoms with E-state index in [0.717, 1.165) is 16.6 Å². The summed E-state index contributed by atoms with van der Waals surface area (Å²) in [6, 6.07) is 16.7. The number of para-hydroxylation sites is 1. The smallest absolute Gasteiger partial charge is 0.343 e. The molecule has 3 nitrogen and oxygen atoms in total. The zero-order valence-corrected chi connectivity index (χ0v) is 12.2. The summed E-state index contributed by atoms with van der Waals surface area (Å²) in [4.78, 5) is 12.1. The molecule has 0 fully saturated rings. The van der Waals surface area contributed by atoms with Crippen LogP contribution in [0, 0.1) is 0 Å². The summed E-state index contributed by atoms with van der Waals surface area (Å²) in [5, 5.41) is 0. The van der Waals surface area contributed by atoms with E-state index in [2.05, 4.69) is 21.1 Å². The SMILES string of the molecule is C[N+](C)(C)Cc1ccccc1OC(=O)c1ccccc1. The summed E-state index contributed by atoms with van der Waals surface area (Å²) in [5.41, 5.74) is 1.59. The Morgan fingerprint density at radius 1 is 0.950 bits per heavy atom. The molecule has 0 aliphatic heterocycles. The van der Waals surface area contributed by atoms with Crippen molar-refractivity contribution in [2.24, 2.45) is 0 Å². The lowest BCUT2D eigenvalue weighted by Gasteiger charge is -2.24. The van der Waals surface area contributed by atoms with Gasteiger partial charge in [0.25, 0.3) is 0 Å². The Bertz CT molecular complexity index is 585. The average molecular weight is 270 g/mol. The van der Waals surface area contributed by atoms with Gasteiger partial charge in [-0.1, -0.05) is 30.3 Å². The monoisotopic (exact) mass is 270 g/mol. The van der Waals surface area contributed by atoms with E-state index >= 15 is 0 Å². The first-order valence-corrected chi connectivity index (χ1v) is 6.61. The van der Waals surface area contributed by atoms with Crippen molar-refractivity contribution in [3.63, 3.8) is 0 Å². The van der Waals surface area contributed by atoms with E-state index in [1.165, 1.54) is 0 Å². The molecular formula is C17H20NO2+. The lowest BCUT2D eigenvalue weighted by molar-refractivity contribution is -0.884. The van der Waals surface area contributed by atoms with Crippen LogP contribution in [-0.2, 0) is 6.54 Å². The Morgan fingerprint density at radius 2 is 1.55 bits per heavy atom. The Hall–Kier alpha value is -2.13. The number of carbonyl (C=O) groups excluding carboxylic acids is 1. The molecule has 0 N–H and O–H groups in total. The molecule has 0 unspecified atom stereocenters. The topological polar surface area (TPSA) is 26.3 Å². The third kappa shape index (κ3) is 3.93. The third-order valence-corrected chi connectivity index (χ3v) is 2.83. The summed E-state index contributed by atoms with van der Waals surface area (Å²) in [6.07, 6.45) is 0. The van der Waals surface area contributed by atoms with E-state index in [1.54, 1.807) is 12.1 Å². The van der Waals surface area contributed by atoms with E-state index in [-0.39, 0.29) is 5.97 Å². The van der Waals surface area contributed by atoms with Gasteiger partial charge in [0, 0.05) is 5.56 Å². The first-order chi connectivity index (χ1) is 9.46. The molecule has 0 spiro atoms. The van der Waals surface area contributed by atoms with Crippen LogP contribution in [0.3, 0.4) is 0 Å². The lowest BCUT2D eigenvalue weighted by atomic mass is 10.1. The molecule has 104 valence electrons. The van der Waals surface area contributed by atoms with Crippen molar-refractivity contribution in [2.45, 2.75) is 6.54 Å². The summed E-state index contributed by atoms with van der Waals surface area (Å²) in [6.45, 7) is 0.804. The van der Waals surface area contributed by atoms with Crippen LogP contribution in [0.5, 0.6) is 5.75 Å². The van der Waals surface area contributed by atoms with Crippen molar-refractivity contribution < 1.29 is 14.0 Å². The maximum atomic E-state index is 12.1. The Morgan fingerprint density at radius 3 is 2.20 bits per heavy atom. The Kier molecular flexibility index (Phi) is 4.20. The number of carbonyl (C=O) groups is 1. The van der Waals surface area contributed by atoms with Gasteiger partial charge >= 0.3 is 5.97 Å². The maximum Gasteiger partial charge on any atom is 0.343 e. The van der Waals surface area contributed by atoms with Crippen molar-refractivity contribution in [3.8, 4) is 5.75 Å². The van der Waals surface area contributed by atoms with Gasteiger partial charge in [-0.05, 0) is 24.3 Å². The highest BCUT2D eigenvalue weighted by atomic mass is 16.5. The third-order valence-electron chi connectivity index (χ3n) is 2.83. The fraction of sp³-hybridized carbons (Fsp3) is 0.235. The first-order valence-electron chi connectivity index (χ1n) is 6.61. The van der Waals surface area contributed by atoms with Crippen LogP contribution < -0.4 is 4.74 Å². The zero-order valence-electron chi connectivity index (χ0n) is 12.2. The number of quaternary nitrogens is 1. The minimum absolute atomic E-state index is 0.320. The van der Waals surface area contributed by atoms with Crippen LogP contribution in [0.1, 0.15) is 15.9 Å². The highest BCUT2D eigenvalue weighted by Crippen LogP contribution is 2.22. The van der Waals surface area contributed by atoms with Crippen LogP contribution >= 0.6 is 0 Å². The van der Waals surface area contributed by atoms with Crippen molar-refractivity contribution >= 4 is 5.97 Å². The second-order valence-electron chi connectivity index (χ2n) is 5.81. The number of hydrogen-bond donors (Lipinski definition) is 0. The van der Waals surface area contributed by atoms with E-state index in [4.69, 9.17) is 4.74 Å². The van der Waals surface area contributed by atoms with Crippen LogP contribution in [-0.4, -0.2) is 31.6 Å². The molecule has 0 aliphatic carbocycles. The van der Waals surface area contributed by atoms with Gasteiger partial charge in [-0.25, -0.2) is 4.79 Å². The fourth-order valence-electron chi connectivity index (χ4n) is 1.98. The van der Waals surface area contributed by atoms with Gasteiger partial charge in [-0.2, -0.15) is 0 Å². The van der Waals surface area contributed by atoms with Gasteiger partial charge in [-0.15, -0.1) is 0 Å². The normalized spacial score (nSPS) is 11.2. The number of rotatable bonds is 4. The summed E-state index contributed by atoms with van der Waals surface area (Å²) in [7, 11) is 6.32. The lowest BCUT2D eigenvalue weighted by Crippen LogP contribution is -2.33. The zero-order chi connectivity index (χ0) is 14.6. The standard InChI is InChI=1S/C17H20NO2/c1-18(2,3)13-15-11-7-8-12-16(15)20-17(19)14-9-5-4-6-10-14/h4-12H,13H2,1-3H3/q+1. The van der Waals surface area contributed by atoms with Gasteiger partial charge in [0.2, 0.25) is 0 Å². The van der Waals surface area contributed by atoms with Gasteiger partial charge < -0.3 is 9.22 Å². The summed E-state index contributed by atoms with van der Waals surface area (Å²) >= 11 is 0. The highest BCUT2D eigenvalue weighted by molar-refractivity contribution is 5.91. The van der Waals surface area contributed by atoms with Crippen molar-refractivity contribution in [1.82, 2.24) is 0 Å². The van der Waals surface area contributed by atoms with Crippen molar-refractivity contribution in [1.29, 1.82) is 0 Å². The molecule has 0 aromatic heterocycles. The molecular weight excluding hydrogens is 250 g/mol. The van der Waals surface area contributed by atoms with Gasteiger partial charge in [-0.3, -0.25) is 0 Å². The maximum absolute atomic E-state index is 12.1. The van der Waals surface area contributed by atoms with Crippen LogP contribution in [0.4, 0.5) is 0 Å². The molecule has 20 heavy (non-hydrogen) atoms. The van der Waals surface area contributed by atoms with E-state index in [0.29, 0.717) is 11.3 Å². The second-order valence-corrected chi connectivity index (χ2v) is 5.81. The molecule has 2 aromatic rings. The van der Waals surface area contributed by atoms with Crippen LogP contribution in [0.25, 0.3) is 0 Å². The first kappa shape index (κ1) is 14.3. The van der Waals surface area contributed by atoms with Gasteiger partial charge in [0.15, 0.2) is 0 Å². The number of esters is 1. The molecule has 0 heterocycles. The predicted octanol–water partition coefficient (Wildman–Crippen LogP) is 3.11. The summed E-state index contributed by atoms with van der Waals surface area (Å²) < 4.78 is 6.31. The van der Waals surface area contributed by atoms with Crippen molar-refractivity contribution in [2.75, 3.05) is 21.1 Å². The molecule has 0 saturated carbocycles. The molecule has 0 atom stereocenters. The van der Waals surface area contributed by atoms with Gasteiger partial charge in [0.05, 0.1) is 26.7 Å². The van der Waals surface area contributed by atoms with Crippen molar-refractivity contribution in [3.05, 3.63) is 65.7 Å². The van der Waals surface area contributed by atoms with E-state index < -0.39 is 0 Å². The fourth-order valence-corrected chi connectivity index (χ4v) is 1.98. The quantitative estimate of drug-likeness (QED) is 0.485. The Labute approximate surface area is 120 Å². The number of benzene rings is 2. The second kappa shape index (κ2) is 5.88. The highest BCUT2D eigenvalue weighted by Gasteiger charge is 2.15. The molecule has 0 radical (unpaired) electrons. The van der Waals surface area contributed by atoms with E-state index in [1.807, 2.05) is 42.5 Å². The van der Waals surface area contributed by atoms with Crippen LogP contribution in [0.15, 0.2) is 54.6 Å². The largest absolute Gasteiger partial charge is 0.422 e. The summed E-state index contributed by atoms with van der Waals surface area (Å²) in [5.74, 6) is 0.314. The molecule has 0 bridgehead atoms. The van der Waals surface area contributed by atoms with E-state index in [9.17, 15) is 4.79 Å². The Balaban J connectivity index is 2.20. The molecule has 2 aromatic carbocycles. The van der Waals surface area contributed by atoms with Gasteiger partial charge in [0.1, 0.15) is 12.3 Å². The average Bonchev–Trinajstić information content (AvgIpc) is 2.40. The minimum atomic E-state index is -0.320. The number of ether oxygens (including phenoxy) is 1.